The van der Waals surface area contributed by atoms with Crippen molar-refractivity contribution in [1.29, 1.82) is 0 Å². The topological polar surface area (TPSA) is 66.0 Å². The molecule has 1 saturated carbocycles. The third kappa shape index (κ3) is 4.75. The van der Waals surface area contributed by atoms with E-state index >= 15 is 0 Å². The molecule has 0 aromatic heterocycles. The maximum absolute atomic E-state index is 11.7. The number of amides is 1. The van der Waals surface area contributed by atoms with Crippen molar-refractivity contribution in [2.24, 2.45) is 10.9 Å². The van der Waals surface area contributed by atoms with Crippen molar-refractivity contribution in [3.63, 3.8) is 0 Å². The molecule has 1 atom stereocenters. The van der Waals surface area contributed by atoms with Crippen LogP contribution in [0.2, 0.25) is 0 Å². The van der Waals surface area contributed by atoms with E-state index in [1.165, 1.54) is 16.7 Å². The lowest BCUT2D eigenvalue weighted by Gasteiger charge is -2.35. The molecular weight excluding hydrogens is 328 g/mol. The van der Waals surface area contributed by atoms with Crippen LogP contribution in [0.3, 0.4) is 0 Å². The van der Waals surface area contributed by atoms with E-state index in [2.05, 4.69) is 52.6 Å². The van der Waals surface area contributed by atoms with E-state index in [1.54, 1.807) is 7.05 Å². The first kappa shape index (κ1) is 18.7. The van der Waals surface area contributed by atoms with Crippen LogP contribution in [0, 0.1) is 19.8 Å². The molecule has 2 fully saturated rings. The van der Waals surface area contributed by atoms with Gasteiger partial charge in [0.2, 0.25) is 5.91 Å². The summed E-state index contributed by atoms with van der Waals surface area (Å²) < 4.78 is 6.02. The average Bonchev–Trinajstić information content (AvgIpc) is 3.47. The van der Waals surface area contributed by atoms with Crippen LogP contribution in [0.15, 0.2) is 23.2 Å². The maximum Gasteiger partial charge on any atom is 0.223 e. The molecule has 26 heavy (non-hydrogen) atoms. The molecule has 0 spiro atoms. The van der Waals surface area contributed by atoms with Crippen LogP contribution in [0.4, 0.5) is 0 Å². The highest BCUT2D eigenvalue weighted by Crippen LogP contribution is 2.28. The van der Waals surface area contributed by atoms with E-state index in [0.717, 1.165) is 31.9 Å². The largest absolute Gasteiger partial charge is 0.370 e. The fourth-order valence-corrected chi connectivity index (χ4v) is 3.40. The molecule has 1 saturated heterocycles. The van der Waals surface area contributed by atoms with Crippen LogP contribution < -0.4 is 10.6 Å². The van der Waals surface area contributed by atoms with E-state index in [-0.39, 0.29) is 17.9 Å². The van der Waals surface area contributed by atoms with Crippen LogP contribution in [-0.2, 0) is 9.53 Å². The number of aryl methyl sites for hydroxylation is 2. The molecule has 1 heterocycles. The van der Waals surface area contributed by atoms with E-state index in [4.69, 9.17) is 4.74 Å². The quantitative estimate of drug-likeness (QED) is 0.478. The molecule has 0 bridgehead atoms. The van der Waals surface area contributed by atoms with Crippen LogP contribution in [0.25, 0.3) is 0 Å². The van der Waals surface area contributed by atoms with Crippen LogP contribution in [-0.4, -0.2) is 56.6 Å². The van der Waals surface area contributed by atoms with Crippen molar-refractivity contribution in [2.75, 3.05) is 39.8 Å². The summed E-state index contributed by atoms with van der Waals surface area (Å²) in [6.07, 6.45) is 2.13. The normalized spacial score (nSPS) is 20.8. The number of ether oxygens (including phenoxy) is 1. The number of nitrogens with one attached hydrogen (secondary N) is 2. The molecule has 1 aliphatic heterocycles. The molecule has 1 aliphatic carbocycles. The van der Waals surface area contributed by atoms with Gasteiger partial charge in [-0.15, -0.1) is 0 Å². The molecule has 6 nitrogen and oxygen atoms in total. The number of morpholine rings is 1. The fourth-order valence-electron chi connectivity index (χ4n) is 3.40. The summed E-state index contributed by atoms with van der Waals surface area (Å²) in [5.74, 6) is 1.30. The van der Waals surface area contributed by atoms with Gasteiger partial charge in [-0.3, -0.25) is 9.79 Å². The van der Waals surface area contributed by atoms with Gasteiger partial charge in [0.1, 0.15) is 6.10 Å². The molecule has 1 aromatic carbocycles. The summed E-state index contributed by atoms with van der Waals surface area (Å²) in [4.78, 5) is 18.3. The predicted molar refractivity (Wildman–Crippen MR) is 103 cm³/mol. The highest BCUT2D eigenvalue weighted by atomic mass is 16.5. The summed E-state index contributed by atoms with van der Waals surface area (Å²) in [7, 11) is 1.80. The van der Waals surface area contributed by atoms with Crippen LogP contribution >= 0.6 is 0 Å². The second-order valence-corrected chi connectivity index (χ2v) is 7.20. The number of carbonyl (C=O) groups excluding carboxylic acids is 1. The van der Waals surface area contributed by atoms with E-state index in [1.807, 2.05) is 0 Å². The minimum absolute atomic E-state index is 0.0532. The first-order valence-electron chi connectivity index (χ1n) is 9.50. The number of hydrogen-bond donors (Lipinski definition) is 2. The number of hydrogen-bond acceptors (Lipinski definition) is 3. The van der Waals surface area contributed by atoms with Gasteiger partial charge in [-0.25, -0.2) is 0 Å². The van der Waals surface area contributed by atoms with Crippen molar-refractivity contribution in [2.45, 2.75) is 32.8 Å². The van der Waals surface area contributed by atoms with Gasteiger partial charge in [-0.05, 0) is 37.8 Å². The zero-order chi connectivity index (χ0) is 18.5. The second-order valence-electron chi connectivity index (χ2n) is 7.20. The van der Waals surface area contributed by atoms with Gasteiger partial charge in [0, 0.05) is 32.6 Å². The molecule has 0 radical (unpaired) electrons. The van der Waals surface area contributed by atoms with Crippen LogP contribution in [0.5, 0.6) is 0 Å². The Hall–Kier alpha value is -2.08. The number of guanidine groups is 1. The Bertz CT molecular complexity index is 670. The Morgan fingerprint density at radius 3 is 2.73 bits per heavy atom. The number of carbonyl (C=O) groups is 1. The van der Waals surface area contributed by atoms with Gasteiger partial charge >= 0.3 is 0 Å². The molecule has 3 rings (SSSR count). The number of rotatable bonds is 5. The van der Waals surface area contributed by atoms with Gasteiger partial charge in [0.15, 0.2) is 5.96 Å². The van der Waals surface area contributed by atoms with Gasteiger partial charge in [-0.1, -0.05) is 23.8 Å². The highest BCUT2D eigenvalue weighted by molar-refractivity contribution is 5.81. The fraction of sp³-hybridized carbons (Fsp3) is 0.600. The van der Waals surface area contributed by atoms with Gasteiger partial charge in [-0.2, -0.15) is 0 Å². The average molecular weight is 358 g/mol. The van der Waals surface area contributed by atoms with Crippen molar-refractivity contribution in [1.82, 2.24) is 15.5 Å². The SMILES string of the molecule is CN=C(NCCNC(=O)C1CC1)N1CCOC(c2ccc(C)cc2C)C1. The third-order valence-corrected chi connectivity index (χ3v) is 5.01. The molecule has 6 heteroatoms. The minimum Gasteiger partial charge on any atom is -0.370 e. The monoisotopic (exact) mass is 358 g/mol. The van der Waals surface area contributed by atoms with E-state index in [9.17, 15) is 4.79 Å². The summed E-state index contributed by atoms with van der Waals surface area (Å²) in [5, 5.41) is 6.33. The third-order valence-electron chi connectivity index (χ3n) is 5.01. The van der Waals surface area contributed by atoms with Crippen molar-refractivity contribution in [3.8, 4) is 0 Å². The van der Waals surface area contributed by atoms with Crippen molar-refractivity contribution < 1.29 is 9.53 Å². The summed E-state index contributed by atoms with van der Waals surface area (Å²) in [5.41, 5.74) is 3.78. The molecule has 2 aliphatic rings. The van der Waals surface area contributed by atoms with Gasteiger partial charge in [0.25, 0.3) is 0 Å². The first-order valence-corrected chi connectivity index (χ1v) is 9.50. The minimum atomic E-state index is 0.0532. The smallest absolute Gasteiger partial charge is 0.223 e. The Morgan fingerprint density at radius 1 is 1.27 bits per heavy atom. The molecule has 1 unspecified atom stereocenters. The van der Waals surface area contributed by atoms with Crippen molar-refractivity contribution in [3.05, 3.63) is 34.9 Å². The Labute approximate surface area is 156 Å². The lowest BCUT2D eigenvalue weighted by molar-refractivity contribution is -0.122. The predicted octanol–water partition coefficient (Wildman–Crippen LogP) is 1.78. The number of aliphatic imine (C=N–C) groups is 1. The summed E-state index contributed by atoms with van der Waals surface area (Å²) in [6.45, 7) is 7.82. The number of benzene rings is 1. The Morgan fingerprint density at radius 2 is 2.04 bits per heavy atom. The summed E-state index contributed by atoms with van der Waals surface area (Å²) >= 11 is 0. The van der Waals surface area contributed by atoms with E-state index in [0.29, 0.717) is 19.7 Å². The lowest BCUT2D eigenvalue weighted by atomic mass is 10.00. The molecule has 1 aromatic rings. The molecule has 2 N–H and O–H groups in total. The molecular formula is C20H30N4O2. The molecule has 142 valence electrons. The zero-order valence-corrected chi connectivity index (χ0v) is 16.0. The lowest BCUT2D eigenvalue weighted by Crippen LogP contribution is -2.49. The molecule has 1 amide bonds. The Kier molecular flexibility index (Phi) is 6.14. The second kappa shape index (κ2) is 8.54. The maximum atomic E-state index is 11.7. The van der Waals surface area contributed by atoms with Gasteiger partial charge < -0.3 is 20.3 Å². The summed E-state index contributed by atoms with van der Waals surface area (Å²) in [6, 6.07) is 6.51. The highest BCUT2D eigenvalue weighted by Gasteiger charge is 2.29. The van der Waals surface area contributed by atoms with Crippen LogP contribution in [0.1, 0.15) is 35.6 Å². The number of nitrogens with zero attached hydrogens (tertiary/aromatic N) is 2. The first-order chi connectivity index (χ1) is 12.6. The van der Waals surface area contributed by atoms with Crippen molar-refractivity contribution >= 4 is 11.9 Å². The Balaban J connectivity index is 1.52. The van der Waals surface area contributed by atoms with Gasteiger partial charge in [0.05, 0.1) is 13.2 Å². The zero-order valence-electron chi connectivity index (χ0n) is 16.0. The standard InChI is InChI=1S/C20H30N4O2/c1-14-4-7-17(15(2)12-14)18-13-24(10-11-26-18)20(21-3)23-9-8-22-19(25)16-5-6-16/h4,7,12,16,18H,5-6,8-11,13H2,1-3H3,(H,21,23)(H,22,25). The van der Waals surface area contributed by atoms with E-state index < -0.39 is 0 Å².